The maximum atomic E-state index is 11.6. The van der Waals surface area contributed by atoms with Crippen LogP contribution in [0.4, 0.5) is 0 Å². The minimum absolute atomic E-state index is 0.242. The molecule has 19 heavy (non-hydrogen) atoms. The van der Waals surface area contributed by atoms with Gasteiger partial charge in [-0.25, -0.2) is 0 Å². The predicted octanol–water partition coefficient (Wildman–Crippen LogP) is 1.08. The lowest BCUT2D eigenvalue weighted by molar-refractivity contribution is -0.145. The molecule has 0 radical (unpaired) electrons. The average molecular weight is 270 g/mol. The molecule has 2 rings (SSSR count). The zero-order chi connectivity index (χ0) is 14.0. The fraction of sp³-hybridized carbons (Fsp3) is 0.929. The van der Waals surface area contributed by atoms with Gasteiger partial charge in [0.05, 0.1) is 13.2 Å². The summed E-state index contributed by atoms with van der Waals surface area (Å²) in [6.45, 7) is 8.45. The van der Waals surface area contributed by atoms with Crippen molar-refractivity contribution >= 4 is 5.97 Å². The smallest absolute Gasteiger partial charge is 0.323 e. The third kappa shape index (κ3) is 3.68. The van der Waals surface area contributed by atoms with Crippen molar-refractivity contribution in [1.29, 1.82) is 0 Å². The second-order valence-corrected chi connectivity index (χ2v) is 6.27. The summed E-state index contributed by atoms with van der Waals surface area (Å²) < 4.78 is 5.44. The molecule has 0 aromatic rings. The lowest BCUT2D eigenvalue weighted by Crippen LogP contribution is -2.56. The fourth-order valence-corrected chi connectivity index (χ4v) is 2.99. The number of hydrogen-bond acceptors (Lipinski definition) is 4. The van der Waals surface area contributed by atoms with Gasteiger partial charge in [-0.05, 0) is 40.0 Å². The highest BCUT2D eigenvalue weighted by atomic mass is 16.5. The van der Waals surface area contributed by atoms with Crippen molar-refractivity contribution in [3.8, 4) is 0 Å². The van der Waals surface area contributed by atoms with Crippen LogP contribution in [0.1, 0.15) is 40.0 Å². The molecule has 1 heterocycles. The lowest BCUT2D eigenvalue weighted by Gasteiger charge is -2.41. The van der Waals surface area contributed by atoms with E-state index in [1.807, 2.05) is 6.92 Å². The van der Waals surface area contributed by atoms with Crippen LogP contribution in [0.15, 0.2) is 0 Å². The van der Waals surface area contributed by atoms with E-state index in [9.17, 15) is 9.90 Å². The normalized spacial score (nSPS) is 29.7. The molecule has 0 aromatic carbocycles. The van der Waals surface area contributed by atoms with Crippen LogP contribution in [0.5, 0.6) is 0 Å². The SMILES string of the molecule is CC1COCCN1C(C)CC(C)(NC1CC1)C(=O)O. The minimum Gasteiger partial charge on any atom is -0.480 e. The van der Waals surface area contributed by atoms with Gasteiger partial charge in [0.15, 0.2) is 0 Å². The summed E-state index contributed by atoms with van der Waals surface area (Å²) >= 11 is 0. The molecule has 2 aliphatic rings. The largest absolute Gasteiger partial charge is 0.480 e. The van der Waals surface area contributed by atoms with E-state index in [0.29, 0.717) is 18.5 Å². The second kappa shape index (κ2) is 5.77. The van der Waals surface area contributed by atoms with Crippen molar-refractivity contribution in [2.75, 3.05) is 19.8 Å². The highest BCUT2D eigenvalue weighted by molar-refractivity contribution is 5.78. The van der Waals surface area contributed by atoms with Crippen LogP contribution in [0.25, 0.3) is 0 Å². The number of carboxylic acid groups (broad SMARTS) is 1. The number of morpholine rings is 1. The van der Waals surface area contributed by atoms with Crippen LogP contribution in [-0.2, 0) is 9.53 Å². The predicted molar refractivity (Wildman–Crippen MR) is 73.3 cm³/mol. The van der Waals surface area contributed by atoms with E-state index < -0.39 is 11.5 Å². The summed E-state index contributed by atoms with van der Waals surface area (Å²) in [4.78, 5) is 13.9. The van der Waals surface area contributed by atoms with E-state index in [1.165, 1.54) is 0 Å². The third-order valence-corrected chi connectivity index (χ3v) is 4.26. The second-order valence-electron chi connectivity index (χ2n) is 6.27. The van der Waals surface area contributed by atoms with E-state index in [-0.39, 0.29) is 6.04 Å². The van der Waals surface area contributed by atoms with Crippen molar-refractivity contribution in [2.24, 2.45) is 0 Å². The monoisotopic (exact) mass is 270 g/mol. The van der Waals surface area contributed by atoms with Crippen LogP contribution < -0.4 is 5.32 Å². The molecule has 5 nitrogen and oxygen atoms in total. The molecule has 2 fully saturated rings. The Hall–Kier alpha value is -0.650. The Morgan fingerprint density at radius 2 is 2.26 bits per heavy atom. The Bertz CT molecular complexity index is 333. The van der Waals surface area contributed by atoms with Gasteiger partial charge in [0.2, 0.25) is 0 Å². The zero-order valence-corrected chi connectivity index (χ0v) is 12.2. The van der Waals surface area contributed by atoms with Gasteiger partial charge in [-0.3, -0.25) is 15.0 Å². The van der Waals surface area contributed by atoms with E-state index in [2.05, 4.69) is 24.1 Å². The number of rotatable bonds is 6. The minimum atomic E-state index is -0.821. The highest BCUT2D eigenvalue weighted by Crippen LogP contribution is 2.27. The van der Waals surface area contributed by atoms with Crippen LogP contribution >= 0.6 is 0 Å². The van der Waals surface area contributed by atoms with Crippen LogP contribution in [-0.4, -0.2) is 59.4 Å². The molecule has 3 atom stereocenters. The van der Waals surface area contributed by atoms with E-state index in [4.69, 9.17) is 4.74 Å². The van der Waals surface area contributed by atoms with Crippen molar-refractivity contribution in [1.82, 2.24) is 10.2 Å². The first-order valence-corrected chi connectivity index (χ1v) is 7.27. The molecule has 1 aliphatic carbocycles. The fourth-order valence-electron chi connectivity index (χ4n) is 2.99. The Morgan fingerprint density at radius 1 is 1.58 bits per heavy atom. The van der Waals surface area contributed by atoms with Gasteiger partial charge in [-0.15, -0.1) is 0 Å². The zero-order valence-electron chi connectivity index (χ0n) is 12.2. The third-order valence-electron chi connectivity index (χ3n) is 4.26. The molecule has 3 unspecified atom stereocenters. The number of ether oxygens (including phenoxy) is 1. The quantitative estimate of drug-likeness (QED) is 0.756. The first-order chi connectivity index (χ1) is 8.92. The lowest BCUT2D eigenvalue weighted by atomic mass is 9.92. The molecule has 2 N–H and O–H groups in total. The standard InChI is InChI=1S/C14H26N2O3/c1-10(16-6-7-19-9-11(16)2)8-14(3,13(17)18)15-12-4-5-12/h10-12,15H,4-9H2,1-3H3,(H,17,18). The van der Waals surface area contributed by atoms with Gasteiger partial charge in [-0.2, -0.15) is 0 Å². The number of nitrogens with one attached hydrogen (secondary N) is 1. The van der Waals surface area contributed by atoms with Gasteiger partial charge < -0.3 is 9.84 Å². The van der Waals surface area contributed by atoms with Crippen molar-refractivity contribution in [3.05, 3.63) is 0 Å². The van der Waals surface area contributed by atoms with Gasteiger partial charge >= 0.3 is 5.97 Å². The molecule has 110 valence electrons. The molecule has 1 saturated heterocycles. The van der Waals surface area contributed by atoms with Crippen molar-refractivity contribution in [2.45, 2.75) is 63.7 Å². The Labute approximate surface area is 115 Å². The number of nitrogens with zero attached hydrogens (tertiary/aromatic N) is 1. The average Bonchev–Trinajstić information content (AvgIpc) is 3.12. The number of carboxylic acids is 1. The Balaban J connectivity index is 1.97. The van der Waals surface area contributed by atoms with Crippen LogP contribution in [0.2, 0.25) is 0 Å². The molecule has 1 aliphatic heterocycles. The van der Waals surface area contributed by atoms with E-state index in [1.54, 1.807) is 0 Å². The number of hydrogen-bond donors (Lipinski definition) is 2. The maximum absolute atomic E-state index is 11.6. The van der Waals surface area contributed by atoms with Gasteiger partial charge in [0, 0.05) is 24.7 Å². The summed E-state index contributed by atoms with van der Waals surface area (Å²) in [5, 5.41) is 12.8. The first-order valence-electron chi connectivity index (χ1n) is 7.27. The van der Waals surface area contributed by atoms with Gasteiger partial charge in [0.25, 0.3) is 0 Å². The molecule has 5 heteroatoms. The number of aliphatic carboxylic acids is 1. The van der Waals surface area contributed by atoms with Crippen LogP contribution in [0, 0.1) is 0 Å². The maximum Gasteiger partial charge on any atom is 0.323 e. The number of carbonyl (C=O) groups is 1. The molecule has 0 bridgehead atoms. The van der Waals surface area contributed by atoms with Gasteiger partial charge in [0.1, 0.15) is 5.54 Å². The van der Waals surface area contributed by atoms with Gasteiger partial charge in [-0.1, -0.05) is 0 Å². The summed E-state index contributed by atoms with van der Waals surface area (Å²) in [6.07, 6.45) is 2.83. The van der Waals surface area contributed by atoms with E-state index >= 15 is 0 Å². The van der Waals surface area contributed by atoms with E-state index in [0.717, 1.165) is 32.6 Å². The highest BCUT2D eigenvalue weighted by Gasteiger charge is 2.41. The summed E-state index contributed by atoms with van der Waals surface area (Å²) in [5.74, 6) is -0.743. The summed E-state index contributed by atoms with van der Waals surface area (Å²) in [6, 6.07) is 1.00. The molecule has 1 saturated carbocycles. The van der Waals surface area contributed by atoms with Crippen molar-refractivity contribution in [3.63, 3.8) is 0 Å². The Morgan fingerprint density at radius 3 is 2.79 bits per heavy atom. The molecule has 0 spiro atoms. The molecule has 0 amide bonds. The summed E-state index contributed by atoms with van der Waals surface area (Å²) in [5.41, 5.74) is -0.821. The van der Waals surface area contributed by atoms with Crippen molar-refractivity contribution < 1.29 is 14.6 Å². The first kappa shape index (κ1) is 14.8. The topological polar surface area (TPSA) is 61.8 Å². The summed E-state index contributed by atoms with van der Waals surface area (Å²) in [7, 11) is 0. The molecular formula is C14H26N2O3. The van der Waals surface area contributed by atoms with Crippen LogP contribution in [0.3, 0.4) is 0 Å². The molecular weight excluding hydrogens is 244 g/mol. The molecule has 0 aromatic heterocycles. The Kier molecular flexibility index (Phi) is 4.48.